The van der Waals surface area contributed by atoms with Gasteiger partial charge in [0.25, 0.3) is 0 Å². The van der Waals surface area contributed by atoms with Crippen LogP contribution in [0.15, 0.2) is 24.4 Å². The van der Waals surface area contributed by atoms with Gasteiger partial charge in [-0.3, -0.25) is 4.98 Å². The first kappa shape index (κ1) is 11.8. The molecule has 0 aliphatic heterocycles. The van der Waals surface area contributed by atoms with Crippen LogP contribution in [0.5, 0.6) is 0 Å². The summed E-state index contributed by atoms with van der Waals surface area (Å²) >= 11 is 0. The maximum Gasteiger partial charge on any atom is 0.434 e. The van der Waals surface area contributed by atoms with Crippen LogP contribution in [0.3, 0.4) is 0 Å². The topological polar surface area (TPSA) is 25.8 Å². The lowest BCUT2D eigenvalue weighted by Crippen LogP contribution is -2.08. The molecule has 0 bridgehead atoms. The summed E-state index contributed by atoms with van der Waals surface area (Å²) in [4.78, 5) is 7.37. The van der Waals surface area contributed by atoms with Gasteiger partial charge in [-0.2, -0.15) is 13.2 Å². The van der Waals surface area contributed by atoms with Gasteiger partial charge in [-0.1, -0.05) is 19.9 Å². The second-order valence-electron chi connectivity index (χ2n) is 4.16. The summed E-state index contributed by atoms with van der Waals surface area (Å²) < 4.78 is 37.3. The Morgan fingerprint density at radius 2 is 1.82 bits per heavy atom. The van der Waals surface area contributed by atoms with E-state index in [1.165, 1.54) is 0 Å². The average Bonchev–Trinajstić information content (AvgIpc) is 2.26. The maximum absolute atomic E-state index is 12.4. The van der Waals surface area contributed by atoms with Crippen LogP contribution >= 0.6 is 0 Å². The zero-order valence-corrected chi connectivity index (χ0v) is 9.42. The van der Waals surface area contributed by atoms with Crippen LogP contribution in [0, 0.1) is 0 Å². The molecule has 0 fully saturated rings. The Morgan fingerprint density at radius 1 is 1.12 bits per heavy atom. The summed E-state index contributed by atoms with van der Waals surface area (Å²) in [6, 6.07) is 5.13. The van der Waals surface area contributed by atoms with Crippen LogP contribution in [0.25, 0.3) is 11.0 Å². The van der Waals surface area contributed by atoms with E-state index in [0.29, 0.717) is 11.4 Å². The first-order valence-corrected chi connectivity index (χ1v) is 5.22. The van der Waals surface area contributed by atoms with Gasteiger partial charge in [0.15, 0.2) is 5.69 Å². The number of hydrogen-bond donors (Lipinski definition) is 0. The van der Waals surface area contributed by atoms with Gasteiger partial charge in [0.1, 0.15) is 0 Å². The van der Waals surface area contributed by atoms with Crippen molar-refractivity contribution in [1.29, 1.82) is 0 Å². The molecule has 2 rings (SSSR count). The molecule has 0 atom stereocenters. The van der Waals surface area contributed by atoms with Gasteiger partial charge < -0.3 is 0 Å². The molecule has 0 saturated heterocycles. The van der Waals surface area contributed by atoms with Crippen LogP contribution in [0.1, 0.15) is 31.0 Å². The normalized spacial score (nSPS) is 12.4. The summed E-state index contributed by atoms with van der Waals surface area (Å²) in [5.41, 5.74) is 0.835. The van der Waals surface area contributed by atoms with Gasteiger partial charge in [-0.15, -0.1) is 0 Å². The van der Waals surface area contributed by atoms with Gasteiger partial charge >= 0.3 is 6.18 Å². The van der Waals surface area contributed by atoms with E-state index in [4.69, 9.17) is 0 Å². The maximum atomic E-state index is 12.4. The largest absolute Gasteiger partial charge is 0.434 e. The Bertz CT molecular complexity index is 547. The summed E-state index contributed by atoms with van der Waals surface area (Å²) in [5, 5.41) is 0. The van der Waals surface area contributed by atoms with E-state index >= 15 is 0 Å². The van der Waals surface area contributed by atoms with Crippen LogP contribution in [-0.4, -0.2) is 9.97 Å². The number of hydrogen-bond acceptors (Lipinski definition) is 2. The molecule has 1 heterocycles. The fourth-order valence-corrected chi connectivity index (χ4v) is 1.52. The fraction of sp³-hybridized carbons (Fsp3) is 0.333. The molecule has 0 aliphatic carbocycles. The predicted octanol–water partition coefficient (Wildman–Crippen LogP) is 3.77. The Balaban J connectivity index is 2.54. The van der Waals surface area contributed by atoms with Gasteiger partial charge in [0.05, 0.1) is 17.2 Å². The monoisotopic (exact) mass is 240 g/mol. The van der Waals surface area contributed by atoms with Crippen molar-refractivity contribution in [3.63, 3.8) is 0 Å². The lowest BCUT2D eigenvalue weighted by molar-refractivity contribution is -0.141. The first-order chi connectivity index (χ1) is 7.88. The molecule has 2 aromatic rings. The van der Waals surface area contributed by atoms with Crippen LogP contribution in [0.2, 0.25) is 0 Å². The highest BCUT2D eigenvalue weighted by molar-refractivity contribution is 5.75. The Hall–Kier alpha value is -1.65. The predicted molar refractivity (Wildman–Crippen MR) is 58.6 cm³/mol. The van der Waals surface area contributed by atoms with Crippen molar-refractivity contribution in [3.8, 4) is 0 Å². The van der Waals surface area contributed by atoms with Gasteiger partial charge in [0.2, 0.25) is 0 Å². The van der Waals surface area contributed by atoms with Crippen molar-refractivity contribution in [2.45, 2.75) is 25.9 Å². The minimum absolute atomic E-state index is 0.268. The number of nitrogens with zero attached hydrogens (tertiary/aromatic N) is 2. The smallest absolute Gasteiger partial charge is 0.252 e. The number of halogens is 3. The molecule has 0 aliphatic rings. The number of rotatable bonds is 1. The summed E-state index contributed by atoms with van der Waals surface area (Å²) in [6.45, 7) is 4.03. The molecule has 0 radical (unpaired) electrons. The molecule has 90 valence electrons. The zero-order valence-electron chi connectivity index (χ0n) is 9.42. The molecule has 17 heavy (non-hydrogen) atoms. The molecule has 5 heteroatoms. The highest BCUT2D eigenvalue weighted by Crippen LogP contribution is 2.28. The van der Waals surface area contributed by atoms with E-state index in [0.717, 1.165) is 11.8 Å². The summed E-state index contributed by atoms with van der Waals surface area (Å²) in [5.74, 6) is 0.309. The molecule has 0 unspecified atom stereocenters. The van der Waals surface area contributed by atoms with E-state index in [9.17, 15) is 13.2 Å². The SMILES string of the molecule is CC(C)c1ccc2nc(C(F)(F)F)cnc2c1. The number of aromatic nitrogens is 2. The van der Waals surface area contributed by atoms with Gasteiger partial charge in [0, 0.05) is 0 Å². The van der Waals surface area contributed by atoms with Crippen LogP contribution in [-0.2, 0) is 6.18 Å². The van der Waals surface area contributed by atoms with Crippen molar-refractivity contribution in [2.75, 3.05) is 0 Å². The molecular weight excluding hydrogens is 229 g/mol. The van der Waals surface area contributed by atoms with E-state index in [2.05, 4.69) is 9.97 Å². The van der Waals surface area contributed by atoms with Gasteiger partial charge in [-0.05, 0) is 23.6 Å². The molecule has 1 aromatic carbocycles. The van der Waals surface area contributed by atoms with Gasteiger partial charge in [-0.25, -0.2) is 4.98 Å². The number of benzene rings is 1. The minimum Gasteiger partial charge on any atom is -0.252 e. The summed E-state index contributed by atoms with van der Waals surface area (Å²) in [7, 11) is 0. The molecule has 0 spiro atoms. The van der Waals surface area contributed by atoms with Crippen molar-refractivity contribution >= 4 is 11.0 Å². The third kappa shape index (κ3) is 2.38. The average molecular weight is 240 g/mol. The fourth-order valence-electron chi connectivity index (χ4n) is 1.52. The highest BCUT2D eigenvalue weighted by Gasteiger charge is 2.33. The molecular formula is C12H11F3N2. The number of fused-ring (bicyclic) bond motifs is 1. The van der Waals surface area contributed by atoms with Crippen molar-refractivity contribution in [3.05, 3.63) is 35.7 Å². The Morgan fingerprint density at radius 3 is 2.41 bits per heavy atom. The van der Waals surface area contributed by atoms with Crippen molar-refractivity contribution < 1.29 is 13.2 Å². The lowest BCUT2D eigenvalue weighted by Gasteiger charge is -2.08. The Kier molecular flexibility index (Phi) is 2.77. The van der Waals surface area contributed by atoms with Crippen molar-refractivity contribution in [2.24, 2.45) is 0 Å². The van der Waals surface area contributed by atoms with E-state index in [1.807, 2.05) is 13.8 Å². The quantitative estimate of drug-likeness (QED) is 0.758. The third-order valence-electron chi connectivity index (χ3n) is 2.52. The van der Waals surface area contributed by atoms with E-state index in [1.54, 1.807) is 18.2 Å². The summed E-state index contributed by atoms with van der Waals surface area (Å²) in [6.07, 6.45) is -3.68. The second-order valence-corrected chi connectivity index (χ2v) is 4.16. The van der Waals surface area contributed by atoms with Crippen LogP contribution < -0.4 is 0 Å². The molecule has 0 N–H and O–H groups in total. The molecule has 0 amide bonds. The van der Waals surface area contributed by atoms with Crippen molar-refractivity contribution in [1.82, 2.24) is 9.97 Å². The first-order valence-electron chi connectivity index (χ1n) is 5.22. The van der Waals surface area contributed by atoms with Crippen LogP contribution in [0.4, 0.5) is 13.2 Å². The molecule has 2 nitrogen and oxygen atoms in total. The standard InChI is InChI=1S/C12H11F3N2/c1-7(2)8-3-4-9-10(5-8)16-6-11(17-9)12(13,14)15/h3-7H,1-2H3. The van der Waals surface area contributed by atoms with E-state index < -0.39 is 11.9 Å². The minimum atomic E-state index is -4.45. The second kappa shape index (κ2) is 3.98. The zero-order chi connectivity index (χ0) is 12.6. The molecule has 0 saturated carbocycles. The Labute approximate surface area is 96.5 Å². The van der Waals surface area contributed by atoms with E-state index in [-0.39, 0.29) is 5.52 Å². The number of alkyl halides is 3. The lowest BCUT2D eigenvalue weighted by atomic mass is 10.0. The third-order valence-corrected chi connectivity index (χ3v) is 2.52. The highest BCUT2D eigenvalue weighted by atomic mass is 19.4. The molecule has 1 aromatic heterocycles.